The van der Waals surface area contributed by atoms with Crippen molar-refractivity contribution in [3.63, 3.8) is 0 Å². The molecule has 1 fully saturated rings. The van der Waals surface area contributed by atoms with E-state index < -0.39 is 5.67 Å². The number of hydrogen-bond donors (Lipinski definition) is 1. The van der Waals surface area contributed by atoms with Crippen molar-refractivity contribution in [3.05, 3.63) is 29.0 Å². The summed E-state index contributed by atoms with van der Waals surface area (Å²) in [4.78, 5) is 3.89. The minimum atomic E-state index is -1.15. The molecule has 82 valence electrons. The molecule has 0 bridgehead atoms. The maximum absolute atomic E-state index is 14.3. The fraction of sp³-hybridized carbons (Fsp3) is 0.545. The van der Waals surface area contributed by atoms with Crippen LogP contribution in [0.15, 0.2) is 18.5 Å². The monoisotopic (exact) mass is 228 g/mol. The molecule has 4 heteroatoms. The lowest BCUT2D eigenvalue weighted by atomic mass is 9.89. The Labute approximate surface area is 93.9 Å². The third-order valence-electron chi connectivity index (χ3n) is 2.78. The van der Waals surface area contributed by atoms with Crippen LogP contribution in [0.4, 0.5) is 4.39 Å². The summed E-state index contributed by atoms with van der Waals surface area (Å²) >= 11 is 5.96. The van der Waals surface area contributed by atoms with Gasteiger partial charge in [0.15, 0.2) is 0 Å². The minimum Gasteiger partial charge on any atom is -0.314 e. The van der Waals surface area contributed by atoms with Crippen LogP contribution in [0.25, 0.3) is 0 Å². The van der Waals surface area contributed by atoms with Gasteiger partial charge in [-0.2, -0.15) is 0 Å². The third-order valence-corrected chi connectivity index (χ3v) is 3.12. The molecule has 1 saturated heterocycles. The van der Waals surface area contributed by atoms with Gasteiger partial charge in [0, 0.05) is 25.4 Å². The maximum Gasteiger partial charge on any atom is 0.127 e. The van der Waals surface area contributed by atoms with Crippen molar-refractivity contribution in [3.8, 4) is 0 Å². The number of nitrogens with one attached hydrogen (secondary N) is 1. The van der Waals surface area contributed by atoms with Gasteiger partial charge in [0.1, 0.15) is 5.67 Å². The summed E-state index contributed by atoms with van der Waals surface area (Å²) in [6.07, 6.45) is 5.09. The van der Waals surface area contributed by atoms with Gasteiger partial charge in [-0.05, 0) is 31.0 Å². The first-order valence-electron chi connectivity index (χ1n) is 5.18. The van der Waals surface area contributed by atoms with E-state index in [-0.39, 0.29) is 0 Å². The summed E-state index contributed by atoms with van der Waals surface area (Å²) in [5.74, 6) is 0. The number of nitrogens with zero attached hydrogens (tertiary/aromatic N) is 1. The Balaban J connectivity index is 2.10. The van der Waals surface area contributed by atoms with E-state index in [9.17, 15) is 4.39 Å². The number of pyridine rings is 1. The van der Waals surface area contributed by atoms with Gasteiger partial charge in [0.05, 0.1) is 5.02 Å². The van der Waals surface area contributed by atoms with E-state index in [1.807, 2.05) is 0 Å². The van der Waals surface area contributed by atoms with Crippen molar-refractivity contribution in [2.24, 2.45) is 0 Å². The van der Waals surface area contributed by atoms with E-state index in [2.05, 4.69) is 10.3 Å². The van der Waals surface area contributed by atoms with E-state index in [1.165, 1.54) is 0 Å². The molecular formula is C11H14ClFN2. The number of alkyl halides is 1. The van der Waals surface area contributed by atoms with Crippen molar-refractivity contribution in [1.29, 1.82) is 0 Å². The molecule has 1 unspecified atom stereocenters. The van der Waals surface area contributed by atoms with Gasteiger partial charge in [-0.25, -0.2) is 4.39 Å². The molecule has 0 radical (unpaired) electrons. The number of hydrogen-bond acceptors (Lipinski definition) is 2. The molecule has 0 saturated carbocycles. The highest BCUT2D eigenvalue weighted by atomic mass is 35.5. The van der Waals surface area contributed by atoms with Crippen LogP contribution in [0.1, 0.15) is 18.4 Å². The summed E-state index contributed by atoms with van der Waals surface area (Å²) < 4.78 is 14.3. The number of aromatic nitrogens is 1. The number of halogens is 2. The molecule has 1 atom stereocenters. The Kier molecular flexibility index (Phi) is 3.22. The van der Waals surface area contributed by atoms with Crippen LogP contribution in [-0.4, -0.2) is 23.7 Å². The van der Waals surface area contributed by atoms with Crippen LogP contribution in [0.2, 0.25) is 5.02 Å². The maximum atomic E-state index is 14.3. The largest absolute Gasteiger partial charge is 0.314 e. The van der Waals surface area contributed by atoms with Crippen LogP contribution in [0.3, 0.4) is 0 Å². The molecule has 15 heavy (non-hydrogen) atoms. The normalized spacial score (nSPS) is 26.5. The molecular weight excluding hydrogens is 215 g/mol. The lowest BCUT2D eigenvalue weighted by molar-refractivity contribution is 0.122. The van der Waals surface area contributed by atoms with Gasteiger partial charge in [-0.3, -0.25) is 4.98 Å². The summed E-state index contributed by atoms with van der Waals surface area (Å²) in [7, 11) is 0. The van der Waals surface area contributed by atoms with Crippen molar-refractivity contribution >= 4 is 11.6 Å². The zero-order chi connectivity index (χ0) is 10.7. The molecule has 1 aliphatic heterocycles. The molecule has 2 heterocycles. The second kappa shape index (κ2) is 4.45. The number of piperidine rings is 1. The van der Waals surface area contributed by atoms with Gasteiger partial charge in [0.25, 0.3) is 0 Å². The molecule has 1 N–H and O–H groups in total. The first-order valence-corrected chi connectivity index (χ1v) is 5.55. The highest BCUT2D eigenvalue weighted by molar-refractivity contribution is 6.31. The summed E-state index contributed by atoms with van der Waals surface area (Å²) in [6.45, 7) is 1.33. The van der Waals surface area contributed by atoms with Crippen molar-refractivity contribution < 1.29 is 4.39 Å². The van der Waals surface area contributed by atoms with Crippen LogP contribution < -0.4 is 5.32 Å². The lowest BCUT2D eigenvalue weighted by Gasteiger charge is -2.30. The van der Waals surface area contributed by atoms with E-state index in [0.29, 0.717) is 24.4 Å². The van der Waals surface area contributed by atoms with Crippen LogP contribution >= 0.6 is 11.6 Å². The Morgan fingerprint density at radius 3 is 3.13 bits per heavy atom. The average molecular weight is 229 g/mol. The minimum absolute atomic E-state index is 0.376. The number of rotatable bonds is 2. The van der Waals surface area contributed by atoms with Crippen molar-refractivity contribution in [1.82, 2.24) is 10.3 Å². The second-order valence-corrected chi connectivity index (χ2v) is 4.48. The van der Waals surface area contributed by atoms with Gasteiger partial charge in [0.2, 0.25) is 0 Å². The SMILES string of the molecule is FC1(Cc2ccncc2Cl)CCCNC1. The molecule has 2 rings (SSSR count). The average Bonchev–Trinajstić information content (AvgIpc) is 2.22. The first kappa shape index (κ1) is 10.8. The summed E-state index contributed by atoms with van der Waals surface area (Å²) in [5.41, 5.74) is -0.304. The molecule has 0 spiro atoms. The fourth-order valence-corrected chi connectivity index (χ4v) is 2.16. The molecule has 1 aliphatic rings. The quantitative estimate of drug-likeness (QED) is 0.841. The van der Waals surface area contributed by atoms with Crippen LogP contribution in [0, 0.1) is 0 Å². The smallest absolute Gasteiger partial charge is 0.127 e. The van der Waals surface area contributed by atoms with E-state index in [4.69, 9.17) is 11.6 Å². The van der Waals surface area contributed by atoms with Gasteiger partial charge >= 0.3 is 0 Å². The Hall–Kier alpha value is -0.670. The predicted octanol–water partition coefficient (Wildman–Crippen LogP) is 2.37. The highest BCUT2D eigenvalue weighted by Crippen LogP contribution is 2.28. The third kappa shape index (κ3) is 2.67. The van der Waals surface area contributed by atoms with Gasteiger partial charge in [-0.15, -0.1) is 0 Å². The second-order valence-electron chi connectivity index (χ2n) is 4.08. The zero-order valence-corrected chi connectivity index (χ0v) is 9.23. The Morgan fingerprint density at radius 2 is 2.47 bits per heavy atom. The van der Waals surface area contributed by atoms with Crippen LogP contribution in [-0.2, 0) is 6.42 Å². The molecule has 0 amide bonds. The lowest BCUT2D eigenvalue weighted by Crippen LogP contribution is -2.43. The Morgan fingerprint density at radius 1 is 1.60 bits per heavy atom. The molecule has 2 nitrogen and oxygen atoms in total. The molecule has 0 aliphatic carbocycles. The standard InChI is InChI=1S/C11H14ClFN2/c12-10-7-14-5-2-9(10)6-11(13)3-1-4-15-8-11/h2,5,7,15H,1,3-4,6,8H2. The zero-order valence-electron chi connectivity index (χ0n) is 8.47. The summed E-state index contributed by atoms with van der Waals surface area (Å²) in [6, 6.07) is 1.79. The van der Waals surface area contributed by atoms with Gasteiger partial charge in [-0.1, -0.05) is 11.6 Å². The predicted molar refractivity (Wildman–Crippen MR) is 58.9 cm³/mol. The van der Waals surface area contributed by atoms with E-state index in [1.54, 1.807) is 18.5 Å². The van der Waals surface area contributed by atoms with Crippen molar-refractivity contribution in [2.45, 2.75) is 24.9 Å². The van der Waals surface area contributed by atoms with E-state index >= 15 is 0 Å². The Bertz CT molecular complexity index is 337. The van der Waals surface area contributed by atoms with Crippen molar-refractivity contribution in [2.75, 3.05) is 13.1 Å². The van der Waals surface area contributed by atoms with Gasteiger partial charge < -0.3 is 5.32 Å². The van der Waals surface area contributed by atoms with Crippen LogP contribution in [0.5, 0.6) is 0 Å². The topological polar surface area (TPSA) is 24.9 Å². The highest BCUT2D eigenvalue weighted by Gasteiger charge is 2.32. The molecule has 0 aromatic carbocycles. The molecule has 1 aromatic rings. The van der Waals surface area contributed by atoms with E-state index in [0.717, 1.165) is 18.5 Å². The fourth-order valence-electron chi connectivity index (χ4n) is 1.97. The summed E-state index contributed by atoms with van der Waals surface area (Å²) in [5, 5.41) is 3.64. The first-order chi connectivity index (χ1) is 7.20. The molecule has 1 aromatic heterocycles.